The van der Waals surface area contributed by atoms with Crippen LogP contribution < -0.4 is 15.8 Å². The Morgan fingerprint density at radius 2 is 1.95 bits per heavy atom. The number of rotatable bonds is 7. The van der Waals surface area contributed by atoms with Gasteiger partial charge in [-0.25, -0.2) is 0 Å². The first kappa shape index (κ1) is 14.4. The Morgan fingerprint density at radius 1 is 1.10 bits per heavy atom. The smallest absolute Gasteiger partial charge is 0.121 e. The van der Waals surface area contributed by atoms with Crippen molar-refractivity contribution in [2.75, 3.05) is 18.4 Å². The maximum atomic E-state index is 5.86. The van der Waals surface area contributed by atoms with Gasteiger partial charge in [-0.3, -0.25) is 0 Å². The van der Waals surface area contributed by atoms with Gasteiger partial charge < -0.3 is 15.8 Å². The van der Waals surface area contributed by atoms with Crippen LogP contribution in [0.25, 0.3) is 0 Å². The molecule has 0 fully saturated rings. The molecule has 0 unspecified atom stereocenters. The van der Waals surface area contributed by atoms with Gasteiger partial charge in [-0.2, -0.15) is 0 Å². The van der Waals surface area contributed by atoms with Gasteiger partial charge in [0.15, 0.2) is 0 Å². The number of nitrogens with two attached hydrogens (primary N) is 1. The summed E-state index contributed by atoms with van der Waals surface area (Å²) in [5.74, 6) is 0.881. The van der Waals surface area contributed by atoms with Crippen LogP contribution in [0.5, 0.6) is 5.75 Å². The molecule has 0 spiro atoms. The van der Waals surface area contributed by atoms with E-state index in [-0.39, 0.29) is 0 Å². The molecule has 106 valence electrons. The lowest BCUT2D eigenvalue weighted by Crippen LogP contribution is -2.08. The molecule has 0 aliphatic heterocycles. The van der Waals surface area contributed by atoms with Crippen molar-refractivity contribution in [2.45, 2.75) is 20.0 Å². The third kappa shape index (κ3) is 4.28. The van der Waals surface area contributed by atoms with Crippen molar-refractivity contribution in [1.29, 1.82) is 0 Å². The number of ether oxygens (including phenoxy) is 1. The number of hydrogen-bond donors (Lipinski definition) is 2. The molecular weight excluding hydrogens is 248 g/mol. The van der Waals surface area contributed by atoms with E-state index in [2.05, 4.69) is 24.4 Å². The van der Waals surface area contributed by atoms with Crippen LogP contribution in [0.2, 0.25) is 0 Å². The summed E-state index contributed by atoms with van der Waals surface area (Å²) >= 11 is 0. The predicted molar refractivity (Wildman–Crippen MR) is 84.1 cm³/mol. The zero-order chi connectivity index (χ0) is 14.2. The molecule has 20 heavy (non-hydrogen) atoms. The second-order valence-corrected chi connectivity index (χ2v) is 4.81. The highest BCUT2D eigenvalue weighted by molar-refractivity contribution is 5.48. The van der Waals surface area contributed by atoms with Crippen LogP contribution in [0.1, 0.15) is 17.5 Å². The molecule has 2 aromatic carbocycles. The van der Waals surface area contributed by atoms with Gasteiger partial charge in [0.1, 0.15) is 12.4 Å². The molecular formula is C17H22N2O. The number of nitrogens with one attached hydrogen (secondary N) is 1. The fourth-order valence-corrected chi connectivity index (χ4v) is 1.96. The zero-order valence-electron chi connectivity index (χ0n) is 11.9. The third-order valence-corrected chi connectivity index (χ3v) is 3.20. The summed E-state index contributed by atoms with van der Waals surface area (Å²) in [5, 5.41) is 3.34. The van der Waals surface area contributed by atoms with Crippen LogP contribution in [0.15, 0.2) is 48.5 Å². The van der Waals surface area contributed by atoms with Crippen molar-refractivity contribution in [3.05, 3.63) is 59.7 Å². The highest BCUT2D eigenvalue weighted by atomic mass is 16.5. The number of benzene rings is 2. The molecule has 3 heteroatoms. The second-order valence-electron chi connectivity index (χ2n) is 4.81. The van der Waals surface area contributed by atoms with Crippen molar-refractivity contribution in [3.8, 4) is 5.75 Å². The molecule has 0 bridgehead atoms. The van der Waals surface area contributed by atoms with Crippen molar-refractivity contribution < 1.29 is 4.74 Å². The van der Waals surface area contributed by atoms with E-state index in [1.54, 1.807) is 0 Å². The van der Waals surface area contributed by atoms with Gasteiger partial charge in [0.05, 0.1) is 0 Å². The molecule has 0 saturated carbocycles. The zero-order valence-corrected chi connectivity index (χ0v) is 11.9. The van der Waals surface area contributed by atoms with Gasteiger partial charge in [0.25, 0.3) is 0 Å². The van der Waals surface area contributed by atoms with E-state index in [1.165, 1.54) is 11.1 Å². The molecule has 3 N–H and O–H groups in total. The molecule has 0 atom stereocenters. The van der Waals surface area contributed by atoms with E-state index < -0.39 is 0 Å². The summed E-state index contributed by atoms with van der Waals surface area (Å²) in [6.07, 6.45) is 0.967. The van der Waals surface area contributed by atoms with E-state index >= 15 is 0 Å². The van der Waals surface area contributed by atoms with Gasteiger partial charge in [-0.05, 0) is 43.1 Å². The molecule has 2 aromatic rings. The van der Waals surface area contributed by atoms with Crippen LogP contribution in [-0.4, -0.2) is 13.1 Å². The summed E-state index contributed by atoms with van der Waals surface area (Å²) < 4.78 is 5.86. The minimum Gasteiger partial charge on any atom is -0.489 e. The van der Waals surface area contributed by atoms with Gasteiger partial charge >= 0.3 is 0 Å². The monoisotopic (exact) mass is 270 g/mol. The molecule has 0 radical (unpaired) electrons. The SMILES string of the molecule is Cc1ccccc1COc1cccc(NCCCN)c1. The predicted octanol–water partition coefficient (Wildman–Crippen LogP) is 3.33. The maximum absolute atomic E-state index is 5.86. The molecule has 0 aliphatic carbocycles. The molecule has 0 amide bonds. The van der Waals surface area contributed by atoms with Gasteiger partial charge in [0.2, 0.25) is 0 Å². The number of anilines is 1. The Morgan fingerprint density at radius 3 is 2.75 bits per heavy atom. The number of hydrogen-bond acceptors (Lipinski definition) is 3. The topological polar surface area (TPSA) is 47.3 Å². The minimum absolute atomic E-state index is 0.596. The van der Waals surface area contributed by atoms with Crippen LogP contribution in [0.4, 0.5) is 5.69 Å². The average Bonchev–Trinajstić information content (AvgIpc) is 2.47. The molecule has 2 rings (SSSR count). The minimum atomic E-state index is 0.596. The van der Waals surface area contributed by atoms with E-state index in [0.29, 0.717) is 13.2 Å². The van der Waals surface area contributed by atoms with Crippen LogP contribution in [-0.2, 0) is 6.61 Å². The van der Waals surface area contributed by atoms with Crippen LogP contribution in [0, 0.1) is 6.92 Å². The first-order chi connectivity index (χ1) is 9.79. The van der Waals surface area contributed by atoms with Crippen molar-refractivity contribution >= 4 is 5.69 Å². The third-order valence-electron chi connectivity index (χ3n) is 3.20. The van der Waals surface area contributed by atoms with Crippen molar-refractivity contribution in [2.24, 2.45) is 5.73 Å². The Bertz CT molecular complexity index is 540. The van der Waals surface area contributed by atoms with E-state index in [9.17, 15) is 0 Å². The highest BCUT2D eigenvalue weighted by Crippen LogP contribution is 2.19. The highest BCUT2D eigenvalue weighted by Gasteiger charge is 2.00. The summed E-state index contributed by atoms with van der Waals surface area (Å²) in [6.45, 7) is 4.29. The largest absolute Gasteiger partial charge is 0.489 e. The van der Waals surface area contributed by atoms with E-state index in [0.717, 1.165) is 24.4 Å². The van der Waals surface area contributed by atoms with Gasteiger partial charge in [-0.15, -0.1) is 0 Å². The molecule has 0 heterocycles. The summed E-state index contributed by atoms with van der Waals surface area (Å²) in [6, 6.07) is 16.3. The summed E-state index contributed by atoms with van der Waals surface area (Å²) in [5.41, 5.74) is 9.03. The summed E-state index contributed by atoms with van der Waals surface area (Å²) in [7, 11) is 0. The Kier molecular flexibility index (Phi) is 5.44. The normalized spacial score (nSPS) is 10.3. The Labute approximate surface area is 120 Å². The lowest BCUT2D eigenvalue weighted by atomic mass is 10.1. The Hall–Kier alpha value is -2.00. The molecule has 0 aromatic heterocycles. The fourth-order valence-electron chi connectivity index (χ4n) is 1.96. The quantitative estimate of drug-likeness (QED) is 0.759. The maximum Gasteiger partial charge on any atom is 0.121 e. The van der Waals surface area contributed by atoms with Gasteiger partial charge in [0, 0.05) is 18.3 Å². The number of aryl methyl sites for hydroxylation is 1. The lowest BCUT2D eigenvalue weighted by Gasteiger charge is -2.11. The molecule has 0 aliphatic rings. The first-order valence-electron chi connectivity index (χ1n) is 7.01. The standard InChI is InChI=1S/C17H22N2O/c1-14-6-2-3-7-15(14)13-20-17-9-4-8-16(12-17)19-11-5-10-18/h2-4,6-9,12,19H,5,10-11,13,18H2,1H3. The Balaban J connectivity index is 1.93. The second kappa shape index (κ2) is 7.56. The van der Waals surface area contributed by atoms with Crippen LogP contribution in [0.3, 0.4) is 0 Å². The average molecular weight is 270 g/mol. The van der Waals surface area contributed by atoms with E-state index in [4.69, 9.17) is 10.5 Å². The first-order valence-corrected chi connectivity index (χ1v) is 7.01. The van der Waals surface area contributed by atoms with Crippen LogP contribution >= 0.6 is 0 Å². The lowest BCUT2D eigenvalue weighted by molar-refractivity contribution is 0.305. The molecule has 0 saturated heterocycles. The van der Waals surface area contributed by atoms with Crippen molar-refractivity contribution in [3.63, 3.8) is 0 Å². The van der Waals surface area contributed by atoms with Gasteiger partial charge in [-0.1, -0.05) is 30.3 Å². The fraction of sp³-hybridized carbons (Fsp3) is 0.294. The molecule has 3 nitrogen and oxygen atoms in total. The van der Waals surface area contributed by atoms with Crippen molar-refractivity contribution in [1.82, 2.24) is 0 Å². The van der Waals surface area contributed by atoms with E-state index in [1.807, 2.05) is 36.4 Å². The summed E-state index contributed by atoms with van der Waals surface area (Å²) in [4.78, 5) is 0.